The van der Waals surface area contributed by atoms with Crippen molar-refractivity contribution in [1.29, 1.82) is 0 Å². The molecule has 1 saturated carbocycles. The predicted octanol–water partition coefficient (Wildman–Crippen LogP) is 4.67. The van der Waals surface area contributed by atoms with Crippen molar-refractivity contribution < 1.29 is 4.52 Å². The van der Waals surface area contributed by atoms with E-state index < -0.39 is 4.97 Å². The van der Waals surface area contributed by atoms with Crippen LogP contribution in [-0.4, -0.2) is 6.10 Å². The van der Waals surface area contributed by atoms with E-state index in [2.05, 4.69) is 6.92 Å². The van der Waals surface area contributed by atoms with E-state index in [4.69, 9.17) is 38.8 Å². The maximum atomic E-state index is 5.76. The molecule has 1 nitrogen and oxygen atoms in total. The maximum Gasteiger partial charge on any atom is 0.240 e. The molecule has 0 spiro atoms. The lowest BCUT2D eigenvalue weighted by atomic mass is 9.85. The molecule has 0 amide bonds. The van der Waals surface area contributed by atoms with Crippen LogP contribution < -0.4 is 0 Å². The van der Waals surface area contributed by atoms with Gasteiger partial charge < -0.3 is 4.52 Å². The largest absolute Gasteiger partial charge is 0.323 e. The molecule has 1 rings (SSSR count). The quantitative estimate of drug-likeness (QED) is 0.682. The normalized spacial score (nSPS) is 30.4. The molecule has 0 saturated heterocycles. The molecular weight excluding hydrogens is 246 g/mol. The molecule has 0 N–H and O–H groups in total. The summed E-state index contributed by atoms with van der Waals surface area (Å²) in [5.41, 5.74) is 0. The fourth-order valence-electron chi connectivity index (χ4n) is 1.94. The highest BCUT2D eigenvalue weighted by Gasteiger charge is 2.28. The Morgan fingerprint density at radius 1 is 1.38 bits per heavy atom. The van der Waals surface area contributed by atoms with Gasteiger partial charge in [-0.3, -0.25) is 0 Å². The minimum atomic E-state index is -2.51. The van der Waals surface area contributed by atoms with Crippen molar-refractivity contribution in [3.8, 4) is 0 Å². The van der Waals surface area contributed by atoms with Crippen LogP contribution in [0.25, 0.3) is 0 Å². The second-order valence-corrected chi connectivity index (χ2v) is 10.7. The maximum absolute atomic E-state index is 5.76. The molecule has 0 aromatic carbocycles. The van der Waals surface area contributed by atoms with E-state index in [0.29, 0.717) is 5.92 Å². The average Bonchev–Trinajstić information content (AvgIpc) is 2.02. The van der Waals surface area contributed by atoms with E-state index in [1.807, 2.05) is 0 Å². The fourth-order valence-corrected chi connectivity index (χ4v) is 3.48. The SMILES string of the molecule is CCC1CCCCC1OP(=S)(Cl)Cl. The molecule has 13 heavy (non-hydrogen) atoms. The van der Waals surface area contributed by atoms with Crippen molar-refractivity contribution in [2.45, 2.75) is 45.1 Å². The number of hydrogen-bond donors (Lipinski definition) is 0. The third kappa shape index (κ3) is 4.48. The van der Waals surface area contributed by atoms with Crippen LogP contribution in [0.5, 0.6) is 0 Å². The first-order chi connectivity index (χ1) is 6.03. The van der Waals surface area contributed by atoms with E-state index in [1.54, 1.807) is 0 Å². The Morgan fingerprint density at radius 3 is 2.54 bits per heavy atom. The zero-order chi connectivity index (χ0) is 9.90. The Morgan fingerprint density at radius 2 is 2.00 bits per heavy atom. The monoisotopic (exact) mass is 260 g/mol. The summed E-state index contributed by atoms with van der Waals surface area (Å²) in [6.07, 6.45) is 6.14. The Kier molecular flexibility index (Phi) is 5.02. The van der Waals surface area contributed by atoms with E-state index in [-0.39, 0.29) is 6.10 Å². The van der Waals surface area contributed by atoms with Crippen LogP contribution in [0.3, 0.4) is 0 Å². The summed E-state index contributed by atoms with van der Waals surface area (Å²) in [7, 11) is 0. The molecule has 0 radical (unpaired) electrons. The topological polar surface area (TPSA) is 9.23 Å². The first-order valence-electron chi connectivity index (χ1n) is 4.70. The highest BCUT2D eigenvalue weighted by Crippen LogP contribution is 2.60. The summed E-state index contributed by atoms with van der Waals surface area (Å²) in [5, 5.41) is 0. The summed E-state index contributed by atoms with van der Waals surface area (Å²) in [5.74, 6) is 0.605. The van der Waals surface area contributed by atoms with Gasteiger partial charge in [0.25, 0.3) is 0 Å². The molecule has 0 heterocycles. The van der Waals surface area contributed by atoms with Gasteiger partial charge in [0.05, 0.1) is 6.10 Å². The summed E-state index contributed by atoms with van der Waals surface area (Å²) in [4.78, 5) is -2.51. The van der Waals surface area contributed by atoms with Gasteiger partial charge >= 0.3 is 0 Å². The predicted molar refractivity (Wildman–Crippen MR) is 63.1 cm³/mol. The van der Waals surface area contributed by atoms with Gasteiger partial charge in [-0.05, 0) is 53.0 Å². The Hall–Kier alpha value is 1.19. The number of halogens is 2. The van der Waals surface area contributed by atoms with Crippen LogP contribution in [0.1, 0.15) is 39.0 Å². The van der Waals surface area contributed by atoms with Gasteiger partial charge in [-0.25, -0.2) is 0 Å². The molecule has 2 atom stereocenters. The molecule has 2 unspecified atom stereocenters. The van der Waals surface area contributed by atoms with E-state index in [1.165, 1.54) is 19.3 Å². The molecule has 0 aromatic heterocycles. The zero-order valence-corrected chi connectivity index (χ0v) is 10.9. The third-order valence-electron chi connectivity index (χ3n) is 2.62. The van der Waals surface area contributed by atoms with Crippen LogP contribution in [0, 0.1) is 5.92 Å². The van der Waals surface area contributed by atoms with E-state index in [9.17, 15) is 0 Å². The van der Waals surface area contributed by atoms with Crippen molar-refractivity contribution in [2.75, 3.05) is 0 Å². The molecule has 0 aliphatic heterocycles. The molecule has 1 aliphatic rings. The lowest BCUT2D eigenvalue weighted by molar-refractivity contribution is 0.108. The van der Waals surface area contributed by atoms with Gasteiger partial charge in [0.15, 0.2) is 0 Å². The number of hydrogen-bond acceptors (Lipinski definition) is 2. The van der Waals surface area contributed by atoms with Gasteiger partial charge in [0.2, 0.25) is 4.97 Å². The molecular formula is C8H15Cl2OPS. The zero-order valence-electron chi connectivity index (χ0n) is 7.71. The third-order valence-corrected chi connectivity index (χ3v) is 3.87. The van der Waals surface area contributed by atoms with Crippen molar-refractivity contribution in [3.63, 3.8) is 0 Å². The van der Waals surface area contributed by atoms with Gasteiger partial charge in [-0.15, -0.1) is 0 Å². The standard InChI is InChI=1S/C8H15Cl2OPS/c1-2-7-5-3-4-6-8(7)11-12(9,10)13/h7-8H,2-6H2,1H3. The minimum Gasteiger partial charge on any atom is -0.323 e. The fraction of sp³-hybridized carbons (Fsp3) is 1.00. The van der Waals surface area contributed by atoms with Gasteiger partial charge in [-0.2, -0.15) is 0 Å². The molecule has 5 heteroatoms. The lowest BCUT2D eigenvalue weighted by Gasteiger charge is -2.31. The second-order valence-electron chi connectivity index (χ2n) is 3.51. The lowest BCUT2D eigenvalue weighted by Crippen LogP contribution is -2.25. The summed E-state index contributed by atoms with van der Waals surface area (Å²) in [6, 6.07) is 0. The Bertz CT molecular complexity index is 206. The van der Waals surface area contributed by atoms with Gasteiger partial charge in [0.1, 0.15) is 0 Å². The number of rotatable bonds is 3. The average molecular weight is 261 g/mol. The van der Waals surface area contributed by atoms with E-state index >= 15 is 0 Å². The van der Waals surface area contributed by atoms with Crippen molar-refractivity contribution in [2.24, 2.45) is 5.92 Å². The van der Waals surface area contributed by atoms with E-state index in [0.717, 1.165) is 12.8 Å². The molecule has 0 aromatic rings. The highest BCUT2D eigenvalue weighted by atomic mass is 35.9. The van der Waals surface area contributed by atoms with Crippen LogP contribution in [-0.2, 0) is 16.3 Å². The van der Waals surface area contributed by atoms with Crippen LogP contribution in [0.4, 0.5) is 0 Å². The van der Waals surface area contributed by atoms with Crippen molar-refractivity contribution in [1.82, 2.24) is 0 Å². The first kappa shape index (κ1) is 12.3. The van der Waals surface area contributed by atoms with Gasteiger partial charge in [-0.1, -0.05) is 26.2 Å². The molecule has 78 valence electrons. The van der Waals surface area contributed by atoms with Gasteiger partial charge in [0, 0.05) is 0 Å². The minimum absolute atomic E-state index is 0.208. The smallest absolute Gasteiger partial charge is 0.240 e. The van der Waals surface area contributed by atoms with Crippen LogP contribution in [0.15, 0.2) is 0 Å². The molecule has 1 fully saturated rings. The molecule has 1 aliphatic carbocycles. The van der Waals surface area contributed by atoms with Crippen molar-refractivity contribution in [3.05, 3.63) is 0 Å². The second kappa shape index (κ2) is 5.32. The van der Waals surface area contributed by atoms with Crippen LogP contribution in [0.2, 0.25) is 0 Å². The molecule has 0 bridgehead atoms. The highest BCUT2D eigenvalue weighted by molar-refractivity contribution is 8.36. The Balaban J connectivity index is 2.50. The summed E-state index contributed by atoms with van der Waals surface area (Å²) in [6.45, 7) is 2.18. The van der Waals surface area contributed by atoms with Crippen molar-refractivity contribution >= 4 is 39.3 Å². The van der Waals surface area contributed by atoms with Crippen LogP contribution >= 0.6 is 27.5 Å². The Labute approximate surface area is 94.8 Å². The summed E-state index contributed by atoms with van der Waals surface area (Å²) >= 11 is 16.4. The first-order valence-corrected chi connectivity index (χ1v) is 9.23. The summed E-state index contributed by atoms with van der Waals surface area (Å²) < 4.78 is 5.54.